The fourth-order valence-electron chi connectivity index (χ4n) is 1.11. The van der Waals surface area contributed by atoms with Crippen LogP contribution in [0.15, 0.2) is 10.9 Å². The molecule has 0 aliphatic carbocycles. The van der Waals surface area contributed by atoms with E-state index in [4.69, 9.17) is 0 Å². The minimum atomic E-state index is 0.744. The molecule has 0 spiro atoms. The van der Waals surface area contributed by atoms with Crippen molar-refractivity contribution in [1.29, 1.82) is 0 Å². The summed E-state index contributed by atoms with van der Waals surface area (Å²) >= 11 is 3.56. The SMILES string of the molecule is CSCC(C)CNCc1cscn1. The fraction of sp³-hybridized carbons (Fsp3) is 0.667. The van der Waals surface area contributed by atoms with Crippen molar-refractivity contribution in [3.63, 3.8) is 0 Å². The molecule has 1 rings (SSSR count). The number of hydrogen-bond donors (Lipinski definition) is 1. The summed E-state index contributed by atoms with van der Waals surface area (Å²) in [5, 5.41) is 5.49. The number of thiazole rings is 1. The number of nitrogens with one attached hydrogen (secondary N) is 1. The van der Waals surface area contributed by atoms with Gasteiger partial charge in [-0.3, -0.25) is 0 Å². The Bertz CT molecular complexity index is 211. The first-order valence-electron chi connectivity index (χ1n) is 4.39. The second-order valence-electron chi connectivity index (χ2n) is 3.17. The Morgan fingerprint density at radius 3 is 3.15 bits per heavy atom. The molecule has 0 aliphatic rings. The molecule has 0 fully saturated rings. The molecule has 0 saturated carbocycles. The van der Waals surface area contributed by atoms with Crippen LogP contribution in [0.25, 0.3) is 0 Å². The lowest BCUT2D eigenvalue weighted by molar-refractivity contribution is 0.556. The molecule has 0 aromatic carbocycles. The van der Waals surface area contributed by atoms with E-state index in [1.165, 1.54) is 5.75 Å². The molecule has 13 heavy (non-hydrogen) atoms. The highest BCUT2D eigenvalue weighted by Gasteiger charge is 2.00. The van der Waals surface area contributed by atoms with E-state index < -0.39 is 0 Å². The summed E-state index contributed by atoms with van der Waals surface area (Å²) in [4.78, 5) is 4.21. The monoisotopic (exact) mass is 216 g/mol. The third-order valence-electron chi connectivity index (χ3n) is 1.73. The van der Waals surface area contributed by atoms with Gasteiger partial charge >= 0.3 is 0 Å². The van der Waals surface area contributed by atoms with Crippen molar-refractivity contribution < 1.29 is 0 Å². The fourth-order valence-corrected chi connectivity index (χ4v) is 2.36. The van der Waals surface area contributed by atoms with E-state index in [2.05, 4.69) is 28.9 Å². The molecule has 4 heteroatoms. The Morgan fingerprint density at radius 2 is 2.54 bits per heavy atom. The van der Waals surface area contributed by atoms with Gasteiger partial charge in [0.2, 0.25) is 0 Å². The van der Waals surface area contributed by atoms with E-state index in [1.54, 1.807) is 11.3 Å². The van der Waals surface area contributed by atoms with Gasteiger partial charge in [-0.25, -0.2) is 4.98 Å². The van der Waals surface area contributed by atoms with Crippen LogP contribution in [0.5, 0.6) is 0 Å². The molecule has 1 N–H and O–H groups in total. The van der Waals surface area contributed by atoms with Crippen molar-refractivity contribution in [3.05, 3.63) is 16.6 Å². The molecule has 2 nitrogen and oxygen atoms in total. The molecule has 0 bridgehead atoms. The Kier molecular flexibility index (Phi) is 5.43. The van der Waals surface area contributed by atoms with Gasteiger partial charge < -0.3 is 5.32 Å². The molecule has 1 aromatic rings. The summed E-state index contributed by atoms with van der Waals surface area (Å²) in [6, 6.07) is 0. The smallest absolute Gasteiger partial charge is 0.0795 e. The minimum absolute atomic E-state index is 0.744. The van der Waals surface area contributed by atoms with E-state index in [0.29, 0.717) is 0 Å². The number of aromatic nitrogens is 1. The van der Waals surface area contributed by atoms with Crippen molar-refractivity contribution in [1.82, 2.24) is 10.3 Å². The molecule has 1 unspecified atom stereocenters. The van der Waals surface area contributed by atoms with Gasteiger partial charge in [-0.1, -0.05) is 6.92 Å². The molecule has 1 atom stereocenters. The van der Waals surface area contributed by atoms with Gasteiger partial charge in [0.1, 0.15) is 0 Å². The van der Waals surface area contributed by atoms with Crippen molar-refractivity contribution >= 4 is 23.1 Å². The van der Waals surface area contributed by atoms with Crippen molar-refractivity contribution in [3.8, 4) is 0 Å². The summed E-state index contributed by atoms with van der Waals surface area (Å²) in [6.07, 6.45) is 2.15. The predicted octanol–water partition coefficient (Wildman–Crippen LogP) is 2.23. The van der Waals surface area contributed by atoms with Gasteiger partial charge in [-0.15, -0.1) is 11.3 Å². The first-order valence-corrected chi connectivity index (χ1v) is 6.73. The van der Waals surface area contributed by atoms with Gasteiger partial charge in [0, 0.05) is 11.9 Å². The van der Waals surface area contributed by atoms with Crippen LogP contribution in [0.4, 0.5) is 0 Å². The predicted molar refractivity (Wildman–Crippen MR) is 61.4 cm³/mol. The highest BCUT2D eigenvalue weighted by molar-refractivity contribution is 7.98. The average molecular weight is 216 g/mol. The average Bonchev–Trinajstić information content (AvgIpc) is 2.57. The minimum Gasteiger partial charge on any atom is -0.311 e. The van der Waals surface area contributed by atoms with Crippen molar-refractivity contribution in [2.24, 2.45) is 5.92 Å². The Morgan fingerprint density at radius 1 is 1.69 bits per heavy atom. The number of thioether (sulfide) groups is 1. The van der Waals surface area contributed by atoms with Gasteiger partial charge in [0.05, 0.1) is 11.2 Å². The van der Waals surface area contributed by atoms with Gasteiger partial charge in [0.15, 0.2) is 0 Å². The summed E-state index contributed by atoms with van der Waals surface area (Å²) in [6.45, 7) is 4.26. The van der Waals surface area contributed by atoms with E-state index in [-0.39, 0.29) is 0 Å². The van der Waals surface area contributed by atoms with Gasteiger partial charge in [-0.05, 0) is 24.5 Å². The summed E-state index contributed by atoms with van der Waals surface area (Å²) in [5.74, 6) is 1.97. The highest BCUT2D eigenvalue weighted by Crippen LogP contribution is 2.04. The van der Waals surface area contributed by atoms with Crippen LogP contribution in [0, 0.1) is 5.92 Å². The molecule has 0 amide bonds. The lowest BCUT2D eigenvalue weighted by atomic mass is 10.2. The van der Waals surface area contributed by atoms with Crippen LogP contribution in [0.3, 0.4) is 0 Å². The summed E-state index contributed by atoms with van der Waals surface area (Å²) < 4.78 is 0. The van der Waals surface area contributed by atoms with Crippen molar-refractivity contribution in [2.45, 2.75) is 13.5 Å². The zero-order chi connectivity index (χ0) is 9.52. The second kappa shape index (κ2) is 6.40. The van der Waals surface area contributed by atoms with Gasteiger partial charge in [0.25, 0.3) is 0 Å². The zero-order valence-corrected chi connectivity index (χ0v) is 9.75. The Balaban J connectivity index is 2.07. The van der Waals surface area contributed by atoms with E-state index in [0.717, 1.165) is 24.7 Å². The summed E-state index contributed by atoms with van der Waals surface area (Å²) in [7, 11) is 0. The van der Waals surface area contributed by atoms with Crippen LogP contribution in [0.1, 0.15) is 12.6 Å². The molecule has 1 heterocycles. The molecule has 74 valence electrons. The second-order valence-corrected chi connectivity index (χ2v) is 4.80. The first-order chi connectivity index (χ1) is 6.33. The molecule has 1 aromatic heterocycles. The Hall–Kier alpha value is -0.0600. The standard InChI is InChI=1S/C9H16N2S2/c1-8(5-12-2)3-10-4-9-6-13-7-11-9/h6-8,10H,3-5H2,1-2H3. The maximum absolute atomic E-state index is 4.21. The van der Waals surface area contributed by atoms with E-state index >= 15 is 0 Å². The topological polar surface area (TPSA) is 24.9 Å². The number of hydrogen-bond acceptors (Lipinski definition) is 4. The Labute approximate surface area is 88.2 Å². The number of nitrogens with zero attached hydrogens (tertiary/aromatic N) is 1. The van der Waals surface area contributed by atoms with Crippen molar-refractivity contribution in [2.75, 3.05) is 18.6 Å². The lowest BCUT2D eigenvalue weighted by Gasteiger charge is -2.09. The normalized spacial score (nSPS) is 13.1. The highest BCUT2D eigenvalue weighted by atomic mass is 32.2. The maximum Gasteiger partial charge on any atom is 0.0795 e. The number of rotatable bonds is 6. The first kappa shape index (κ1) is 11.0. The molecule has 0 radical (unpaired) electrons. The van der Waals surface area contributed by atoms with Gasteiger partial charge in [-0.2, -0.15) is 11.8 Å². The van der Waals surface area contributed by atoms with E-state index in [1.807, 2.05) is 17.3 Å². The van der Waals surface area contributed by atoms with Crippen LogP contribution in [0.2, 0.25) is 0 Å². The molecular formula is C9H16N2S2. The largest absolute Gasteiger partial charge is 0.311 e. The lowest BCUT2D eigenvalue weighted by Crippen LogP contribution is -2.22. The van der Waals surface area contributed by atoms with Crippen LogP contribution < -0.4 is 5.32 Å². The molecule has 0 saturated heterocycles. The van der Waals surface area contributed by atoms with Crippen LogP contribution in [-0.4, -0.2) is 23.5 Å². The zero-order valence-electron chi connectivity index (χ0n) is 8.12. The van der Waals surface area contributed by atoms with E-state index in [9.17, 15) is 0 Å². The third kappa shape index (κ3) is 4.64. The maximum atomic E-state index is 4.21. The van der Waals surface area contributed by atoms with Crippen LogP contribution in [-0.2, 0) is 6.54 Å². The van der Waals surface area contributed by atoms with Crippen LogP contribution >= 0.6 is 23.1 Å². The molecule has 0 aliphatic heterocycles. The quantitative estimate of drug-likeness (QED) is 0.789. The summed E-state index contributed by atoms with van der Waals surface area (Å²) in [5.41, 5.74) is 3.03. The molecular weight excluding hydrogens is 200 g/mol. The third-order valence-corrected chi connectivity index (χ3v) is 3.27.